The average Bonchev–Trinajstić information content (AvgIpc) is 3.19. The van der Waals surface area contributed by atoms with Crippen molar-refractivity contribution in [2.24, 2.45) is 0 Å². The summed E-state index contributed by atoms with van der Waals surface area (Å²) >= 11 is 0. The molecule has 0 aliphatic heterocycles. The lowest BCUT2D eigenvalue weighted by Gasteiger charge is -2.12. The second-order valence-corrected chi connectivity index (χ2v) is 6.77. The molecule has 0 unspecified atom stereocenters. The van der Waals surface area contributed by atoms with Crippen LogP contribution in [0.4, 0.5) is 0 Å². The molecule has 0 bridgehead atoms. The minimum absolute atomic E-state index is 0.145. The predicted octanol–water partition coefficient (Wildman–Crippen LogP) is 3.02. The van der Waals surface area contributed by atoms with Gasteiger partial charge in [-0.15, -0.1) is 0 Å². The fourth-order valence-corrected chi connectivity index (χ4v) is 3.33. The van der Waals surface area contributed by atoms with Crippen LogP contribution in [0.3, 0.4) is 0 Å². The van der Waals surface area contributed by atoms with E-state index in [4.69, 9.17) is 14.2 Å². The molecule has 0 aliphatic rings. The number of benzene rings is 2. The van der Waals surface area contributed by atoms with Gasteiger partial charge >= 0.3 is 5.97 Å². The third kappa shape index (κ3) is 5.31. The second-order valence-electron chi connectivity index (χ2n) is 6.77. The Hall–Kier alpha value is -3.48. The Morgan fingerprint density at radius 1 is 0.967 bits per heavy atom. The summed E-state index contributed by atoms with van der Waals surface area (Å²) in [6.07, 6.45) is 3.22. The minimum Gasteiger partial charge on any atom is -0.493 e. The number of hydrogen-bond acceptors (Lipinski definition) is 5. The molecule has 7 heteroatoms. The number of H-pyrrole nitrogens is 1. The van der Waals surface area contributed by atoms with Gasteiger partial charge in [0.05, 0.1) is 14.2 Å². The van der Waals surface area contributed by atoms with Gasteiger partial charge in [-0.05, 0) is 36.1 Å². The highest BCUT2D eigenvalue weighted by atomic mass is 16.5. The van der Waals surface area contributed by atoms with Gasteiger partial charge in [-0.1, -0.05) is 30.3 Å². The predicted molar refractivity (Wildman–Crippen MR) is 114 cm³/mol. The molecular formula is C23H26N2O5. The van der Waals surface area contributed by atoms with E-state index in [9.17, 15) is 9.59 Å². The van der Waals surface area contributed by atoms with Gasteiger partial charge in [0.15, 0.2) is 18.1 Å². The molecule has 0 saturated heterocycles. The van der Waals surface area contributed by atoms with Crippen LogP contribution in [0.2, 0.25) is 0 Å². The number of para-hydroxylation sites is 2. The van der Waals surface area contributed by atoms with E-state index in [0.717, 1.165) is 22.0 Å². The molecule has 3 rings (SSSR count). The number of hydrogen-bond donors (Lipinski definition) is 2. The number of carbonyl (C=O) groups excluding carboxylic acids is 2. The molecule has 2 N–H and O–H groups in total. The molecule has 3 aromatic rings. The van der Waals surface area contributed by atoms with Crippen LogP contribution < -0.4 is 14.8 Å². The zero-order valence-corrected chi connectivity index (χ0v) is 17.2. The monoisotopic (exact) mass is 410 g/mol. The first-order chi connectivity index (χ1) is 14.6. The summed E-state index contributed by atoms with van der Waals surface area (Å²) in [5, 5.41) is 3.93. The summed E-state index contributed by atoms with van der Waals surface area (Å²) in [4.78, 5) is 27.2. The number of carbonyl (C=O) groups is 2. The van der Waals surface area contributed by atoms with Gasteiger partial charge < -0.3 is 24.5 Å². The van der Waals surface area contributed by atoms with Gasteiger partial charge in [-0.2, -0.15) is 0 Å². The highest BCUT2D eigenvalue weighted by Gasteiger charge is 2.13. The van der Waals surface area contributed by atoms with E-state index in [0.29, 0.717) is 30.9 Å². The van der Waals surface area contributed by atoms with E-state index in [1.807, 2.05) is 42.6 Å². The first kappa shape index (κ1) is 21.2. The topological polar surface area (TPSA) is 89.6 Å². The van der Waals surface area contributed by atoms with Gasteiger partial charge in [0.1, 0.15) is 0 Å². The molecule has 30 heavy (non-hydrogen) atoms. The van der Waals surface area contributed by atoms with Crippen molar-refractivity contribution in [3.05, 3.63) is 59.8 Å². The van der Waals surface area contributed by atoms with E-state index in [-0.39, 0.29) is 18.9 Å². The summed E-state index contributed by atoms with van der Waals surface area (Å²) in [6.45, 7) is 0.182. The lowest BCUT2D eigenvalue weighted by atomic mass is 10.1. The van der Waals surface area contributed by atoms with Gasteiger partial charge in [0.2, 0.25) is 0 Å². The lowest BCUT2D eigenvalue weighted by Crippen LogP contribution is -2.30. The van der Waals surface area contributed by atoms with Crippen LogP contribution in [0, 0.1) is 0 Å². The summed E-state index contributed by atoms with van der Waals surface area (Å²) in [5.74, 6) is 0.453. The SMILES string of the molecule is COc1cccc(CCC(=O)OCC(=O)NCCc2c[nH]c3ccccc23)c1OC. The van der Waals surface area contributed by atoms with Crippen LogP contribution in [-0.4, -0.2) is 44.2 Å². The number of methoxy groups -OCH3 is 2. The van der Waals surface area contributed by atoms with E-state index in [2.05, 4.69) is 10.3 Å². The Balaban J connectivity index is 1.39. The number of esters is 1. The number of aryl methyl sites for hydroxylation is 1. The summed E-state index contributed by atoms with van der Waals surface area (Å²) < 4.78 is 15.7. The maximum absolute atomic E-state index is 12.0. The zero-order valence-electron chi connectivity index (χ0n) is 17.2. The normalized spacial score (nSPS) is 10.6. The van der Waals surface area contributed by atoms with Crippen molar-refractivity contribution in [1.29, 1.82) is 0 Å². The van der Waals surface area contributed by atoms with Crippen LogP contribution in [0.25, 0.3) is 10.9 Å². The maximum Gasteiger partial charge on any atom is 0.306 e. The molecular weight excluding hydrogens is 384 g/mol. The number of amides is 1. The number of nitrogens with one attached hydrogen (secondary N) is 2. The molecule has 0 fully saturated rings. The van der Waals surface area contributed by atoms with Gasteiger partial charge in [-0.25, -0.2) is 0 Å². The lowest BCUT2D eigenvalue weighted by molar-refractivity contribution is -0.148. The van der Waals surface area contributed by atoms with Gasteiger partial charge in [0, 0.05) is 30.1 Å². The van der Waals surface area contributed by atoms with Crippen molar-refractivity contribution < 1.29 is 23.8 Å². The number of aromatic amines is 1. The van der Waals surface area contributed by atoms with Gasteiger partial charge in [-0.3, -0.25) is 9.59 Å². The van der Waals surface area contributed by atoms with Crippen molar-refractivity contribution >= 4 is 22.8 Å². The molecule has 1 aromatic heterocycles. The fraction of sp³-hybridized carbons (Fsp3) is 0.304. The highest BCUT2D eigenvalue weighted by Crippen LogP contribution is 2.31. The van der Waals surface area contributed by atoms with E-state index in [1.54, 1.807) is 20.3 Å². The first-order valence-corrected chi connectivity index (χ1v) is 9.79. The standard InChI is InChI=1S/C23H26N2O5/c1-28-20-9-5-6-16(23(20)29-2)10-11-22(27)30-15-21(26)24-13-12-17-14-25-19-8-4-3-7-18(17)19/h3-9,14,25H,10-13,15H2,1-2H3,(H,24,26). The fourth-order valence-electron chi connectivity index (χ4n) is 3.33. The Morgan fingerprint density at radius 3 is 2.60 bits per heavy atom. The Morgan fingerprint density at radius 2 is 1.80 bits per heavy atom. The zero-order chi connectivity index (χ0) is 21.3. The van der Waals surface area contributed by atoms with Crippen molar-refractivity contribution in [3.8, 4) is 11.5 Å². The van der Waals surface area contributed by atoms with Crippen molar-refractivity contribution in [3.63, 3.8) is 0 Å². The molecule has 0 aliphatic carbocycles. The van der Waals surface area contributed by atoms with Crippen molar-refractivity contribution in [2.75, 3.05) is 27.4 Å². The molecule has 7 nitrogen and oxygen atoms in total. The second kappa shape index (κ2) is 10.3. The largest absolute Gasteiger partial charge is 0.493 e. The molecule has 2 aromatic carbocycles. The minimum atomic E-state index is -0.438. The Kier molecular flexibility index (Phi) is 7.32. The van der Waals surface area contributed by atoms with E-state index >= 15 is 0 Å². The van der Waals surface area contributed by atoms with Gasteiger partial charge in [0.25, 0.3) is 5.91 Å². The number of aromatic nitrogens is 1. The molecule has 0 radical (unpaired) electrons. The third-order valence-electron chi connectivity index (χ3n) is 4.84. The van der Waals surface area contributed by atoms with Crippen LogP contribution in [0.1, 0.15) is 17.5 Å². The molecule has 1 amide bonds. The smallest absolute Gasteiger partial charge is 0.306 e. The summed E-state index contributed by atoms with van der Waals surface area (Å²) in [6, 6.07) is 13.5. The molecule has 158 valence electrons. The number of ether oxygens (including phenoxy) is 3. The number of rotatable bonds is 10. The molecule has 1 heterocycles. The van der Waals surface area contributed by atoms with Crippen LogP contribution in [0.15, 0.2) is 48.7 Å². The van der Waals surface area contributed by atoms with E-state index < -0.39 is 5.97 Å². The highest BCUT2D eigenvalue weighted by molar-refractivity contribution is 5.83. The first-order valence-electron chi connectivity index (χ1n) is 9.79. The quantitative estimate of drug-likeness (QED) is 0.502. The van der Waals surface area contributed by atoms with Crippen LogP contribution in [0.5, 0.6) is 11.5 Å². The van der Waals surface area contributed by atoms with Crippen LogP contribution in [-0.2, 0) is 27.2 Å². The van der Waals surface area contributed by atoms with E-state index in [1.165, 1.54) is 0 Å². The van der Waals surface area contributed by atoms with Crippen molar-refractivity contribution in [2.45, 2.75) is 19.3 Å². The maximum atomic E-state index is 12.0. The van der Waals surface area contributed by atoms with Crippen LogP contribution >= 0.6 is 0 Å². The molecule has 0 spiro atoms. The Labute approximate surface area is 175 Å². The third-order valence-corrected chi connectivity index (χ3v) is 4.84. The average molecular weight is 410 g/mol. The summed E-state index contributed by atoms with van der Waals surface area (Å²) in [7, 11) is 3.12. The molecule has 0 saturated carbocycles. The molecule has 0 atom stereocenters. The Bertz CT molecular complexity index is 1010. The number of fused-ring (bicyclic) bond motifs is 1. The van der Waals surface area contributed by atoms with Crippen molar-refractivity contribution in [1.82, 2.24) is 10.3 Å². The summed E-state index contributed by atoms with van der Waals surface area (Å²) in [5.41, 5.74) is 3.05.